The first-order valence-electron chi connectivity index (χ1n) is 8.80. The molecule has 0 aromatic heterocycles. The maximum absolute atomic E-state index is 14.5. The third-order valence-electron chi connectivity index (χ3n) is 5.02. The van der Waals surface area contributed by atoms with E-state index in [9.17, 15) is 26.7 Å². The molecule has 0 saturated heterocycles. The lowest BCUT2D eigenvalue weighted by Gasteiger charge is -2.21. The number of rotatable bonds is 8. The minimum atomic E-state index is -4.07. The number of nitrogens with one attached hydrogen (secondary N) is 1. The van der Waals surface area contributed by atoms with Crippen molar-refractivity contribution in [2.24, 2.45) is 0 Å². The topological polar surface area (TPSA) is 86.6 Å². The molecule has 2 aromatic carbocycles. The van der Waals surface area contributed by atoms with Gasteiger partial charge in [-0.25, -0.2) is 21.6 Å². The highest BCUT2D eigenvalue weighted by atomic mass is 127. The maximum Gasteiger partial charge on any atom is 0.238 e. The Morgan fingerprint density at radius 2 is 1.83 bits per heavy atom. The summed E-state index contributed by atoms with van der Waals surface area (Å²) in [5.41, 5.74) is -0.411. The van der Waals surface area contributed by atoms with E-state index in [1.54, 1.807) is 6.07 Å². The molecule has 1 saturated carbocycles. The summed E-state index contributed by atoms with van der Waals surface area (Å²) in [7, 11) is -4.07. The van der Waals surface area contributed by atoms with Crippen LogP contribution in [0.15, 0.2) is 30.3 Å². The highest BCUT2D eigenvalue weighted by Gasteiger charge is 2.55. The first-order chi connectivity index (χ1) is 13.6. The van der Waals surface area contributed by atoms with E-state index in [1.165, 1.54) is 12.1 Å². The number of hydrogen-bond donors (Lipinski definition) is 3. The minimum absolute atomic E-state index is 0.0900. The SMILES string of the molecule is O=S(=O)(Nc1ccc(F)c(F)c1Cc1ccc(I)cc1F)C1(C[C@@H](O)CO)CC1. The molecule has 0 aliphatic heterocycles. The van der Waals surface area contributed by atoms with E-state index in [1.807, 2.05) is 22.6 Å². The summed E-state index contributed by atoms with van der Waals surface area (Å²) < 4.78 is 69.9. The van der Waals surface area contributed by atoms with E-state index in [2.05, 4.69) is 4.72 Å². The number of benzene rings is 2. The lowest BCUT2D eigenvalue weighted by atomic mass is 10.0. The van der Waals surface area contributed by atoms with Crippen molar-refractivity contribution in [1.29, 1.82) is 0 Å². The normalized spacial score (nSPS) is 16.5. The summed E-state index contributed by atoms with van der Waals surface area (Å²) in [5, 5.41) is 18.7. The second kappa shape index (κ2) is 8.40. The van der Waals surface area contributed by atoms with Gasteiger partial charge in [-0.3, -0.25) is 4.72 Å². The van der Waals surface area contributed by atoms with E-state index in [0.29, 0.717) is 3.57 Å². The standard InChI is InChI=1S/C19H19F3INO4S/c20-15-3-4-17(24-29(27,28)19(5-6-19)9-13(26)10-25)14(18(15)22)7-11-1-2-12(23)8-16(11)21/h1-4,8,13,24-26H,5-7,9-10H2/t13-/m1/s1. The molecule has 1 aliphatic carbocycles. The van der Waals surface area contributed by atoms with E-state index >= 15 is 0 Å². The van der Waals surface area contributed by atoms with E-state index < -0.39 is 44.9 Å². The van der Waals surface area contributed by atoms with Crippen molar-refractivity contribution >= 4 is 38.3 Å². The van der Waals surface area contributed by atoms with Crippen LogP contribution in [0.3, 0.4) is 0 Å². The molecule has 0 bridgehead atoms. The average Bonchev–Trinajstić information content (AvgIpc) is 3.44. The van der Waals surface area contributed by atoms with Crippen LogP contribution >= 0.6 is 22.6 Å². The Bertz CT molecular complexity index is 1030. The van der Waals surface area contributed by atoms with Gasteiger partial charge in [-0.2, -0.15) is 0 Å². The summed E-state index contributed by atoms with van der Waals surface area (Å²) in [6.45, 7) is -0.584. The molecule has 0 unspecified atom stereocenters. The maximum atomic E-state index is 14.5. The molecule has 0 amide bonds. The Morgan fingerprint density at radius 3 is 2.41 bits per heavy atom. The van der Waals surface area contributed by atoms with Crippen LogP contribution in [0.2, 0.25) is 0 Å². The Kier molecular flexibility index (Phi) is 6.47. The van der Waals surface area contributed by atoms with Gasteiger partial charge < -0.3 is 10.2 Å². The number of halogens is 4. The number of sulfonamides is 1. The van der Waals surface area contributed by atoms with Crippen molar-refractivity contribution in [2.75, 3.05) is 11.3 Å². The zero-order valence-electron chi connectivity index (χ0n) is 15.1. The summed E-state index contributed by atoms with van der Waals surface area (Å²) in [6, 6.07) is 6.17. The van der Waals surface area contributed by atoms with Gasteiger partial charge in [0.05, 0.1) is 23.1 Å². The average molecular weight is 541 g/mol. The monoisotopic (exact) mass is 541 g/mol. The Hall–Kier alpha value is -1.37. The lowest BCUT2D eigenvalue weighted by Crippen LogP contribution is -2.34. The van der Waals surface area contributed by atoms with Gasteiger partial charge in [0, 0.05) is 15.6 Å². The summed E-state index contributed by atoms with van der Waals surface area (Å²) in [5.74, 6) is -3.05. The number of aliphatic hydroxyl groups is 2. The molecular formula is C19H19F3INO4S. The predicted octanol–water partition coefficient (Wildman–Crippen LogP) is 3.32. The molecule has 1 atom stereocenters. The van der Waals surface area contributed by atoms with Crippen LogP contribution in [0.4, 0.5) is 18.9 Å². The van der Waals surface area contributed by atoms with Crippen molar-refractivity contribution in [3.05, 3.63) is 62.5 Å². The minimum Gasteiger partial charge on any atom is -0.394 e. The quantitative estimate of drug-likeness (QED) is 0.448. The number of hydrogen-bond acceptors (Lipinski definition) is 4. The third-order valence-corrected chi connectivity index (χ3v) is 7.89. The summed E-state index contributed by atoms with van der Waals surface area (Å²) in [6.07, 6.45) is -1.20. The second-order valence-corrected chi connectivity index (χ2v) is 10.5. The molecule has 29 heavy (non-hydrogen) atoms. The molecule has 1 fully saturated rings. The first-order valence-corrected chi connectivity index (χ1v) is 11.4. The van der Waals surface area contributed by atoms with Crippen molar-refractivity contribution < 1.29 is 31.8 Å². The van der Waals surface area contributed by atoms with Crippen molar-refractivity contribution in [2.45, 2.75) is 36.5 Å². The molecule has 3 rings (SSSR count). The van der Waals surface area contributed by atoms with Crippen LogP contribution in [0.25, 0.3) is 0 Å². The second-order valence-electron chi connectivity index (χ2n) is 7.13. The Balaban J connectivity index is 1.95. The van der Waals surface area contributed by atoms with Gasteiger partial charge in [0.2, 0.25) is 10.0 Å². The van der Waals surface area contributed by atoms with Crippen LogP contribution in [0.1, 0.15) is 30.4 Å². The zero-order valence-corrected chi connectivity index (χ0v) is 18.1. The molecule has 5 nitrogen and oxygen atoms in total. The molecule has 10 heteroatoms. The molecule has 2 aromatic rings. The molecule has 1 aliphatic rings. The van der Waals surface area contributed by atoms with E-state index in [0.717, 1.165) is 12.1 Å². The molecule has 158 valence electrons. The fourth-order valence-electron chi connectivity index (χ4n) is 3.19. The fraction of sp³-hybridized carbons (Fsp3) is 0.368. The van der Waals surface area contributed by atoms with Crippen molar-refractivity contribution in [3.8, 4) is 0 Å². The lowest BCUT2D eigenvalue weighted by molar-refractivity contribution is 0.0858. The highest BCUT2D eigenvalue weighted by Crippen LogP contribution is 2.48. The van der Waals surface area contributed by atoms with Crippen LogP contribution in [-0.2, 0) is 16.4 Å². The van der Waals surface area contributed by atoms with Gasteiger partial charge in [-0.05, 0) is 71.7 Å². The largest absolute Gasteiger partial charge is 0.394 e. The van der Waals surface area contributed by atoms with Gasteiger partial charge >= 0.3 is 0 Å². The fourth-order valence-corrected chi connectivity index (χ4v) is 5.39. The van der Waals surface area contributed by atoms with Gasteiger partial charge in [-0.15, -0.1) is 0 Å². The molecular weight excluding hydrogens is 522 g/mol. The Labute approximate surface area is 180 Å². The van der Waals surface area contributed by atoms with Crippen LogP contribution < -0.4 is 4.72 Å². The van der Waals surface area contributed by atoms with Crippen LogP contribution in [-0.4, -0.2) is 36.1 Å². The molecule has 0 heterocycles. The molecule has 0 radical (unpaired) electrons. The smallest absolute Gasteiger partial charge is 0.238 e. The first kappa shape index (κ1) is 22.3. The molecule has 0 spiro atoms. The van der Waals surface area contributed by atoms with Gasteiger partial charge in [-0.1, -0.05) is 6.07 Å². The van der Waals surface area contributed by atoms with Crippen LogP contribution in [0, 0.1) is 21.0 Å². The molecule has 3 N–H and O–H groups in total. The predicted molar refractivity (Wildman–Crippen MR) is 110 cm³/mol. The van der Waals surface area contributed by atoms with E-state index in [4.69, 9.17) is 5.11 Å². The van der Waals surface area contributed by atoms with E-state index in [-0.39, 0.29) is 42.5 Å². The van der Waals surface area contributed by atoms with Crippen molar-refractivity contribution in [3.63, 3.8) is 0 Å². The third kappa shape index (κ3) is 4.70. The number of anilines is 1. The summed E-state index contributed by atoms with van der Waals surface area (Å²) >= 11 is 1.91. The van der Waals surface area contributed by atoms with Gasteiger partial charge in [0.15, 0.2) is 11.6 Å². The highest BCUT2D eigenvalue weighted by molar-refractivity contribution is 14.1. The van der Waals surface area contributed by atoms with Gasteiger partial charge in [0.25, 0.3) is 0 Å². The zero-order chi connectivity index (χ0) is 21.4. The van der Waals surface area contributed by atoms with Gasteiger partial charge in [0.1, 0.15) is 5.82 Å². The summed E-state index contributed by atoms with van der Waals surface area (Å²) in [4.78, 5) is 0. The Morgan fingerprint density at radius 1 is 1.14 bits per heavy atom. The van der Waals surface area contributed by atoms with Crippen molar-refractivity contribution in [1.82, 2.24) is 0 Å². The van der Waals surface area contributed by atoms with Crippen LogP contribution in [0.5, 0.6) is 0 Å². The number of aliphatic hydroxyl groups excluding tert-OH is 2.